The standard InChI is InChI=1S/C30H40N6O/c1-23-6-7-24(2)28(20-23)34-18-16-33(17-19-34)13-4-12-31-30(37)27-10-8-26(9-11-27)22-35-14-5-15-36-29(35)21-25(3)32-36/h6-11,20-21H,4-5,12-19,22H2,1-3H3,(H,31,37). The second-order valence-electron chi connectivity index (χ2n) is 10.6. The number of benzene rings is 2. The molecule has 2 aromatic carbocycles. The summed E-state index contributed by atoms with van der Waals surface area (Å²) < 4.78 is 2.10. The molecule has 2 aliphatic rings. The zero-order chi connectivity index (χ0) is 25.8. The Morgan fingerprint density at radius 1 is 0.919 bits per heavy atom. The van der Waals surface area contributed by atoms with Gasteiger partial charge in [-0.25, -0.2) is 4.68 Å². The molecular weight excluding hydrogens is 460 g/mol. The van der Waals surface area contributed by atoms with Crippen molar-refractivity contribution in [3.05, 3.63) is 76.5 Å². The summed E-state index contributed by atoms with van der Waals surface area (Å²) in [5, 5.41) is 7.69. The van der Waals surface area contributed by atoms with Gasteiger partial charge in [-0.3, -0.25) is 9.69 Å². The van der Waals surface area contributed by atoms with Crippen LogP contribution in [0.5, 0.6) is 0 Å². The molecule has 5 rings (SSSR count). The van der Waals surface area contributed by atoms with E-state index in [0.717, 1.165) is 76.5 Å². The van der Waals surface area contributed by atoms with E-state index in [-0.39, 0.29) is 5.91 Å². The number of hydrogen-bond acceptors (Lipinski definition) is 5. The van der Waals surface area contributed by atoms with Gasteiger partial charge in [-0.2, -0.15) is 5.10 Å². The highest BCUT2D eigenvalue weighted by molar-refractivity contribution is 5.94. The summed E-state index contributed by atoms with van der Waals surface area (Å²) in [4.78, 5) is 20.1. The van der Waals surface area contributed by atoms with E-state index >= 15 is 0 Å². The first-order chi connectivity index (χ1) is 18.0. The molecule has 196 valence electrons. The number of rotatable bonds is 8. The Kier molecular flexibility index (Phi) is 7.79. The summed E-state index contributed by atoms with van der Waals surface area (Å²) >= 11 is 0. The summed E-state index contributed by atoms with van der Waals surface area (Å²) in [5.74, 6) is 1.20. The van der Waals surface area contributed by atoms with Gasteiger partial charge in [0.15, 0.2) is 0 Å². The van der Waals surface area contributed by atoms with Gasteiger partial charge in [0.05, 0.1) is 5.69 Å². The van der Waals surface area contributed by atoms with E-state index < -0.39 is 0 Å². The van der Waals surface area contributed by atoms with E-state index in [1.165, 1.54) is 28.2 Å². The molecule has 1 fully saturated rings. The molecule has 0 atom stereocenters. The van der Waals surface area contributed by atoms with Crippen molar-refractivity contribution in [1.29, 1.82) is 0 Å². The normalized spacial score (nSPS) is 16.1. The highest BCUT2D eigenvalue weighted by Crippen LogP contribution is 2.24. The minimum atomic E-state index is 0.0120. The van der Waals surface area contributed by atoms with Gasteiger partial charge in [-0.1, -0.05) is 24.3 Å². The number of hydrogen-bond donors (Lipinski definition) is 1. The first-order valence-corrected chi connectivity index (χ1v) is 13.7. The van der Waals surface area contributed by atoms with Gasteiger partial charge in [0.25, 0.3) is 5.91 Å². The van der Waals surface area contributed by atoms with E-state index in [9.17, 15) is 4.79 Å². The summed E-state index contributed by atoms with van der Waals surface area (Å²) in [6.07, 6.45) is 2.08. The topological polar surface area (TPSA) is 56.6 Å². The Hall–Kier alpha value is -3.32. The Bertz CT molecular complexity index is 1210. The molecule has 7 heteroatoms. The first kappa shape index (κ1) is 25.3. The van der Waals surface area contributed by atoms with Gasteiger partial charge in [-0.05, 0) is 75.0 Å². The van der Waals surface area contributed by atoms with Crippen LogP contribution in [0.1, 0.15) is 45.6 Å². The number of piperazine rings is 1. The van der Waals surface area contributed by atoms with Crippen molar-refractivity contribution in [3.8, 4) is 0 Å². The Morgan fingerprint density at radius 3 is 2.49 bits per heavy atom. The highest BCUT2D eigenvalue weighted by atomic mass is 16.1. The van der Waals surface area contributed by atoms with Crippen LogP contribution >= 0.6 is 0 Å². The molecular formula is C30H40N6O. The molecule has 0 bridgehead atoms. The third kappa shape index (κ3) is 6.16. The molecule has 1 aromatic heterocycles. The lowest BCUT2D eigenvalue weighted by atomic mass is 10.1. The number of aryl methyl sites for hydroxylation is 4. The number of nitrogens with one attached hydrogen (secondary N) is 1. The zero-order valence-corrected chi connectivity index (χ0v) is 22.5. The molecule has 2 aliphatic heterocycles. The van der Waals surface area contributed by atoms with Crippen LogP contribution in [-0.4, -0.2) is 66.4 Å². The van der Waals surface area contributed by atoms with E-state index in [0.29, 0.717) is 6.54 Å². The Balaban J connectivity index is 1.03. The second-order valence-corrected chi connectivity index (χ2v) is 10.6. The Morgan fingerprint density at radius 2 is 1.70 bits per heavy atom. The van der Waals surface area contributed by atoms with Gasteiger partial charge in [0.1, 0.15) is 5.82 Å². The number of amides is 1. The largest absolute Gasteiger partial charge is 0.369 e. The minimum Gasteiger partial charge on any atom is -0.369 e. The third-order valence-corrected chi connectivity index (χ3v) is 7.61. The number of fused-ring (bicyclic) bond motifs is 1. The lowest BCUT2D eigenvalue weighted by Crippen LogP contribution is -2.47. The van der Waals surface area contributed by atoms with Gasteiger partial charge in [0.2, 0.25) is 0 Å². The van der Waals surface area contributed by atoms with Crippen molar-refractivity contribution in [3.63, 3.8) is 0 Å². The zero-order valence-electron chi connectivity index (χ0n) is 22.5. The van der Waals surface area contributed by atoms with E-state index in [2.05, 4.69) is 80.0 Å². The Labute approximate surface area is 221 Å². The molecule has 0 radical (unpaired) electrons. The number of aromatic nitrogens is 2. The average Bonchev–Trinajstić information content (AvgIpc) is 3.30. The summed E-state index contributed by atoms with van der Waals surface area (Å²) in [5.41, 5.74) is 7.04. The quantitative estimate of drug-likeness (QED) is 0.471. The molecule has 1 saturated heterocycles. The molecule has 0 saturated carbocycles. The molecule has 7 nitrogen and oxygen atoms in total. The van der Waals surface area contributed by atoms with Crippen molar-refractivity contribution < 1.29 is 4.79 Å². The molecule has 3 aromatic rings. The fraction of sp³-hybridized carbons (Fsp3) is 0.467. The molecule has 1 N–H and O–H groups in total. The van der Waals surface area contributed by atoms with E-state index in [1.807, 2.05) is 19.1 Å². The van der Waals surface area contributed by atoms with Gasteiger partial charge >= 0.3 is 0 Å². The van der Waals surface area contributed by atoms with Crippen molar-refractivity contribution in [2.45, 2.75) is 46.7 Å². The van der Waals surface area contributed by atoms with Crippen LogP contribution in [0.3, 0.4) is 0 Å². The van der Waals surface area contributed by atoms with Crippen molar-refractivity contribution in [1.82, 2.24) is 20.0 Å². The van der Waals surface area contributed by atoms with E-state index in [1.54, 1.807) is 0 Å². The van der Waals surface area contributed by atoms with Gasteiger partial charge in [-0.15, -0.1) is 0 Å². The van der Waals surface area contributed by atoms with Crippen LogP contribution in [0.2, 0.25) is 0 Å². The molecule has 0 spiro atoms. The summed E-state index contributed by atoms with van der Waals surface area (Å²) in [6.45, 7) is 15.2. The van der Waals surface area contributed by atoms with E-state index in [4.69, 9.17) is 0 Å². The molecule has 1 amide bonds. The lowest BCUT2D eigenvalue weighted by molar-refractivity contribution is 0.0951. The van der Waals surface area contributed by atoms with Crippen molar-refractivity contribution in [2.24, 2.45) is 0 Å². The molecule has 37 heavy (non-hydrogen) atoms. The number of nitrogens with zero attached hydrogens (tertiary/aromatic N) is 5. The van der Waals surface area contributed by atoms with Crippen LogP contribution < -0.4 is 15.1 Å². The van der Waals surface area contributed by atoms with Gasteiger partial charge < -0.3 is 15.1 Å². The maximum absolute atomic E-state index is 12.7. The maximum Gasteiger partial charge on any atom is 0.251 e. The summed E-state index contributed by atoms with van der Waals surface area (Å²) in [6, 6.07) is 16.9. The van der Waals surface area contributed by atoms with Gasteiger partial charge in [0, 0.05) is 69.7 Å². The van der Waals surface area contributed by atoms with Crippen molar-refractivity contribution >= 4 is 17.4 Å². The fourth-order valence-electron chi connectivity index (χ4n) is 5.50. The van der Waals surface area contributed by atoms with Crippen LogP contribution in [0, 0.1) is 20.8 Å². The fourth-order valence-corrected chi connectivity index (χ4v) is 5.50. The smallest absolute Gasteiger partial charge is 0.251 e. The van der Waals surface area contributed by atoms with Crippen LogP contribution in [0.4, 0.5) is 11.5 Å². The average molecular weight is 501 g/mol. The predicted molar refractivity (Wildman–Crippen MR) is 151 cm³/mol. The number of carbonyl (C=O) groups excluding carboxylic acids is 1. The van der Waals surface area contributed by atoms with Crippen LogP contribution in [0.15, 0.2) is 48.5 Å². The lowest BCUT2D eigenvalue weighted by Gasteiger charge is -2.37. The predicted octanol–water partition coefficient (Wildman–Crippen LogP) is 4.16. The van der Waals surface area contributed by atoms with Crippen LogP contribution in [-0.2, 0) is 13.1 Å². The first-order valence-electron chi connectivity index (χ1n) is 13.7. The molecule has 0 unspecified atom stereocenters. The van der Waals surface area contributed by atoms with Crippen molar-refractivity contribution in [2.75, 3.05) is 55.6 Å². The SMILES string of the molecule is Cc1ccc(C)c(N2CCN(CCCNC(=O)c3ccc(CN4CCCn5nc(C)cc54)cc3)CC2)c1. The second kappa shape index (κ2) is 11.4. The molecule has 3 heterocycles. The third-order valence-electron chi connectivity index (χ3n) is 7.61. The monoisotopic (exact) mass is 500 g/mol. The number of anilines is 2. The summed E-state index contributed by atoms with van der Waals surface area (Å²) in [7, 11) is 0. The maximum atomic E-state index is 12.7. The number of carbonyl (C=O) groups is 1. The van der Waals surface area contributed by atoms with Crippen LogP contribution in [0.25, 0.3) is 0 Å². The highest BCUT2D eigenvalue weighted by Gasteiger charge is 2.20. The molecule has 0 aliphatic carbocycles. The minimum absolute atomic E-state index is 0.0120.